The maximum atomic E-state index is 11.3. The largest absolute Gasteiger partial charge is 0.481 e. The van der Waals surface area contributed by atoms with Crippen molar-refractivity contribution in [2.45, 2.75) is 39.2 Å². The van der Waals surface area contributed by atoms with Gasteiger partial charge in [0.1, 0.15) is 0 Å². The molecule has 0 aliphatic carbocycles. The molecule has 15 heavy (non-hydrogen) atoms. The molecule has 0 bridgehead atoms. The van der Waals surface area contributed by atoms with E-state index in [0.29, 0.717) is 19.5 Å². The molecule has 3 N–H and O–H groups in total. The fourth-order valence-electron chi connectivity index (χ4n) is 1.00. The summed E-state index contributed by atoms with van der Waals surface area (Å²) in [7, 11) is 0. The number of nitrogens with one attached hydrogen (secondary N) is 2. The van der Waals surface area contributed by atoms with Crippen molar-refractivity contribution >= 4 is 11.9 Å². The summed E-state index contributed by atoms with van der Waals surface area (Å²) >= 11 is 0. The second-order valence-corrected chi connectivity index (χ2v) is 4.44. The molecule has 0 aliphatic rings. The molecule has 88 valence electrons. The van der Waals surface area contributed by atoms with Crippen LogP contribution in [0, 0.1) is 0 Å². The Hall–Kier alpha value is -1.10. The number of carbonyl (C=O) groups is 2. The van der Waals surface area contributed by atoms with E-state index in [2.05, 4.69) is 10.6 Å². The van der Waals surface area contributed by atoms with E-state index in [1.54, 1.807) is 0 Å². The number of carboxylic acids is 1. The van der Waals surface area contributed by atoms with Crippen molar-refractivity contribution in [2.75, 3.05) is 13.1 Å². The topological polar surface area (TPSA) is 78.4 Å². The highest BCUT2D eigenvalue weighted by atomic mass is 16.4. The summed E-state index contributed by atoms with van der Waals surface area (Å²) in [4.78, 5) is 21.5. The third-order valence-electron chi connectivity index (χ3n) is 1.56. The number of aliphatic carboxylic acids is 1. The molecule has 0 aromatic carbocycles. The smallest absolute Gasteiger partial charge is 0.304 e. The number of carboxylic acid groups (broad SMARTS) is 1. The first-order valence-corrected chi connectivity index (χ1v) is 5.05. The van der Waals surface area contributed by atoms with Crippen LogP contribution in [0.25, 0.3) is 0 Å². The molecule has 0 saturated carbocycles. The van der Waals surface area contributed by atoms with E-state index in [1.165, 1.54) is 0 Å². The van der Waals surface area contributed by atoms with Crippen LogP contribution in [0.2, 0.25) is 0 Å². The van der Waals surface area contributed by atoms with Crippen molar-refractivity contribution in [2.24, 2.45) is 0 Å². The summed E-state index contributed by atoms with van der Waals surface area (Å²) in [6, 6.07) is 0. The lowest BCUT2D eigenvalue weighted by molar-refractivity contribution is -0.136. The maximum Gasteiger partial charge on any atom is 0.304 e. The Balaban J connectivity index is 3.44. The lowest BCUT2D eigenvalue weighted by Gasteiger charge is -2.20. The standard InChI is InChI=1S/C10H20N2O3/c1-10(2,3)12-8(13)4-6-11-7-5-9(14)15/h11H,4-7H2,1-3H3,(H,12,13)(H,14,15). The minimum absolute atomic E-state index is 0.0228. The Kier molecular flexibility index (Phi) is 5.93. The Bertz CT molecular complexity index is 221. The Labute approximate surface area is 90.2 Å². The fourth-order valence-corrected chi connectivity index (χ4v) is 1.00. The van der Waals surface area contributed by atoms with Crippen molar-refractivity contribution in [1.82, 2.24) is 10.6 Å². The molecule has 0 spiro atoms. The Morgan fingerprint density at radius 2 is 1.67 bits per heavy atom. The molecule has 0 fully saturated rings. The first-order valence-electron chi connectivity index (χ1n) is 5.05. The van der Waals surface area contributed by atoms with Crippen LogP contribution in [-0.4, -0.2) is 35.6 Å². The van der Waals surface area contributed by atoms with Crippen molar-refractivity contribution in [3.05, 3.63) is 0 Å². The summed E-state index contributed by atoms with van der Waals surface area (Å²) in [5.41, 5.74) is -0.210. The number of hydrogen-bond donors (Lipinski definition) is 3. The minimum Gasteiger partial charge on any atom is -0.481 e. The molecular formula is C10H20N2O3. The molecule has 0 atom stereocenters. The molecule has 0 heterocycles. The molecule has 0 aromatic heterocycles. The molecule has 0 aromatic rings. The molecule has 0 saturated heterocycles. The molecule has 0 rings (SSSR count). The van der Waals surface area contributed by atoms with Crippen LogP contribution in [0.3, 0.4) is 0 Å². The van der Waals surface area contributed by atoms with E-state index in [-0.39, 0.29) is 17.9 Å². The third kappa shape index (κ3) is 10.8. The van der Waals surface area contributed by atoms with Crippen molar-refractivity contribution in [3.63, 3.8) is 0 Å². The van der Waals surface area contributed by atoms with Gasteiger partial charge < -0.3 is 15.7 Å². The van der Waals surface area contributed by atoms with Crippen molar-refractivity contribution in [3.8, 4) is 0 Å². The molecule has 0 unspecified atom stereocenters. The van der Waals surface area contributed by atoms with E-state index in [4.69, 9.17) is 5.11 Å². The van der Waals surface area contributed by atoms with Crippen LogP contribution in [0.5, 0.6) is 0 Å². The SMILES string of the molecule is CC(C)(C)NC(=O)CCNCCC(=O)O. The minimum atomic E-state index is -0.832. The van der Waals surface area contributed by atoms with Crippen LogP contribution in [0.15, 0.2) is 0 Å². The predicted molar refractivity (Wildman–Crippen MR) is 57.6 cm³/mol. The van der Waals surface area contributed by atoms with Gasteiger partial charge in [0, 0.05) is 25.0 Å². The van der Waals surface area contributed by atoms with Gasteiger partial charge in [-0.1, -0.05) is 0 Å². The zero-order valence-electron chi connectivity index (χ0n) is 9.59. The molecule has 5 nitrogen and oxygen atoms in total. The lowest BCUT2D eigenvalue weighted by atomic mass is 10.1. The number of hydrogen-bond acceptors (Lipinski definition) is 3. The highest BCUT2D eigenvalue weighted by molar-refractivity contribution is 5.76. The number of amides is 1. The molecule has 5 heteroatoms. The average Bonchev–Trinajstić information content (AvgIpc) is 1.99. The predicted octanol–water partition coefficient (Wildman–Crippen LogP) is 0.355. The van der Waals surface area contributed by atoms with E-state index in [1.807, 2.05) is 20.8 Å². The first-order chi connectivity index (χ1) is 6.81. The van der Waals surface area contributed by atoms with E-state index >= 15 is 0 Å². The van der Waals surface area contributed by atoms with Crippen molar-refractivity contribution in [1.29, 1.82) is 0 Å². The zero-order valence-corrected chi connectivity index (χ0v) is 9.59. The van der Waals surface area contributed by atoms with Gasteiger partial charge in [0.05, 0.1) is 6.42 Å². The van der Waals surface area contributed by atoms with Gasteiger partial charge in [-0.3, -0.25) is 9.59 Å². The van der Waals surface area contributed by atoms with Gasteiger partial charge in [0.25, 0.3) is 0 Å². The summed E-state index contributed by atoms with van der Waals surface area (Å²) in [6.07, 6.45) is 0.456. The van der Waals surface area contributed by atoms with Crippen molar-refractivity contribution < 1.29 is 14.7 Å². The fraction of sp³-hybridized carbons (Fsp3) is 0.800. The monoisotopic (exact) mass is 216 g/mol. The van der Waals surface area contributed by atoms with Gasteiger partial charge >= 0.3 is 5.97 Å². The molecule has 1 amide bonds. The molecule has 0 aliphatic heterocycles. The quantitative estimate of drug-likeness (QED) is 0.560. The van der Waals surface area contributed by atoms with E-state index in [0.717, 1.165) is 0 Å². The summed E-state index contributed by atoms with van der Waals surface area (Å²) in [6.45, 7) is 6.67. The van der Waals surface area contributed by atoms with Gasteiger partial charge in [-0.05, 0) is 20.8 Å². The van der Waals surface area contributed by atoms with Gasteiger partial charge in [-0.15, -0.1) is 0 Å². The van der Waals surface area contributed by atoms with Gasteiger partial charge in [0.2, 0.25) is 5.91 Å². The third-order valence-corrected chi connectivity index (χ3v) is 1.56. The maximum absolute atomic E-state index is 11.3. The highest BCUT2D eigenvalue weighted by Gasteiger charge is 2.12. The summed E-state index contributed by atoms with van der Waals surface area (Å²) < 4.78 is 0. The Morgan fingerprint density at radius 1 is 1.13 bits per heavy atom. The van der Waals surface area contributed by atoms with Crippen LogP contribution in [-0.2, 0) is 9.59 Å². The second-order valence-electron chi connectivity index (χ2n) is 4.44. The highest BCUT2D eigenvalue weighted by Crippen LogP contribution is 1.98. The molecular weight excluding hydrogens is 196 g/mol. The second kappa shape index (κ2) is 6.40. The summed E-state index contributed by atoms with van der Waals surface area (Å²) in [5.74, 6) is -0.855. The van der Waals surface area contributed by atoms with Crippen LogP contribution >= 0.6 is 0 Å². The Morgan fingerprint density at radius 3 is 2.13 bits per heavy atom. The van der Waals surface area contributed by atoms with Gasteiger partial charge in [-0.25, -0.2) is 0 Å². The van der Waals surface area contributed by atoms with E-state index < -0.39 is 5.97 Å². The zero-order chi connectivity index (χ0) is 11.9. The van der Waals surface area contributed by atoms with Crippen LogP contribution in [0.1, 0.15) is 33.6 Å². The normalized spacial score (nSPS) is 11.1. The average molecular weight is 216 g/mol. The summed E-state index contributed by atoms with van der Waals surface area (Å²) in [5, 5.41) is 14.1. The number of carbonyl (C=O) groups excluding carboxylic acids is 1. The van der Waals surface area contributed by atoms with Crippen LogP contribution < -0.4 is 10.6 Å². The molecule has 0 radical (unpaired) electrons. The van der Waals surface area contributed by atoms with Gasteiger partial charge in [0.15, 0.2) is 0 Å². The first kappa shape index (κ1) is 13.9. The van der Waals surface area contributed by atoms with E-state index in [9.17, 15) is 9.59 Å². The number of rotatable bonds is 6. The van der Waals surface area contributed by atoms with Crippen LogP contribution in [0.4, 0.5) is 0 Å². The van der Waals surface area contributed by atoms with Gasteiger partial charge in [-0.2, -0.15) is 0 Å². The lowest BCUT2D eigenvalue weighted by Crippen LogP contribution is -2.41.